The highest BCUT2D eigenvalue weighted by atomic mass is 79.9. The summed E-state index contributed by atoms with van der Waals surface area (Å²) < 4.78 is 55.2. The summed E-state index contributed by atoms with van der Waals surface area (Å²) in [5, 5.41) is 1.97. The topological polar surface area (TPSA) is 75.3 Å². The Morgan fingerprint density at radius 1 is 0.933 bits per heavy atom. The summed E-state index contributed by atoms with van der Waals surface area (Å²) in [5.41, 5.74) is -0.267. The van der Waals surface area contributed by atoms with E-state index in [4.69, 9.17) is 23.2 Å². The summed E-state index contributed by atoms with van der Waals surface area (Å²) in [5.74, 6) is -2.08. The smallest absolute Gasteiger partial charge is 0.263 e. The Bertz CT molecular complexity index is 1240. The predicted molar refractivity (Wildman–Crippen MR) is 116 cm³/mol. The van der Waals surface area contributed by atoms with Gasteiger partial charge < -0.3 is 5.32 Å². The molecule has 0 saturated carbocycles. The minimum absolute atomic E-state index is 0.0883. The zero-order chi connectivity index (χ0) is 22.1. The summed E-state index contributed by atoms with van der Waals surface area (Å²) in [6.45, 7) is 0. The van der Waals surface area contributed by atoms with E-state index in [9.17, 15) is 22.0 Å². The number of anilines is 2. The average Bonchev–Trinajstić information content (AvgIpc) is 2.65. The van der Waals surface area contributed by atoms with Crippen LogP contribution in [-0.4, -0.2) is 14.3 Å². The second-order valence-electron chi connectivity index (χ2n) is 5.95. The molecule has 0 spiro atoms. The highest BCUT2D eigenvalue weighted by Gasteiger charge is 2.23. The van der Waals surface area contributed by atoms with Crippen LogP contribution in [0, 0.1) is 11.6 Å². The molecule has 0 heterocycles. The van der Waals surface area contributed by atoms with Gasteiger partial charge in [-0.2, -0.15) is 0 Å². The van der Waals surface area contributed by atoms with E-state index in [-0.39, 0.29) is 27.0 Å². The summed E-state index contributed by atoms with van der Waals surface area (Å²) >= 11 is 15.2. The number of amides is 1. The molecule has 0 unspecified atom stereocenters. The van der Waals surface area contributed by atoms with Gasteiger partial charge in [-0.15, -0.1) is 0 Å². The maximum atomic E-state index is 14.0. The highest BCUT2D eigenvalue weighted by molar-refractivity contribution is 9.10. The van der Waals surface area contributed by atoms with Crippen LogP contribution in [-0.2, 0) is 10.0 Å². The number of nitrogens with one attached hydrogen (secondary N) is 2. The van der Waals surface area contributed by atoms with Gasteiger partial charge in [0.25, 0.3) is 15.9 Å². The summed E-state index contributed by atoms with van der Waals surface area (Å²) in [7, 11) is -4.24. The quantitative estimate of drug-likeness (QED) is 0.415. The van der Waals surface area contributed by atoms with Gasteiger partial charge in [-0.25, -0.2) is 17.2 Å². The fourth-order valence-corrected chi connectivity index (χ4v) is 4.67. The Hall–Kier alpha value is -2.20. The van der Waals surface area contributed by atoms with Crippen molar-refractivity contribution in [2.45, 2.75) is 4.90 Å². The van der Waals surface area contributed by atoms with Crippen molar-refractivity contribution < 1.29 is 22.0 Å². The number of hydrogen-bond donors (Lipinski definition) is 2. The number of benzene rings is 3. The summed E-state index contributed by atoms with van der Waals surface area (Å²) in [4.78, 5) is 12.2. The lowest BCUT2D eigenvalue weighted by Gasteiger charge is -2.13. The van der Waals surface area contributed by atoms with E-state index < -0.39 is 32.5 Å². The first-order valence-corrected chi connectivity index (χ1v) is 11.1. The zero-order valence-electron chi connectivity index (χ0n) is 14.7. The number of rotatable bonds is 5. The SMILES string of the molecule is O=C(Nc1ccc(Br)cc1F)c1cc(S(=O)(=O)Nc2ccc(F)cc2)c(Cl)cc1Cl. The first-order valence-electron chi connectivity index (χ1n) is 8.10. The Kier molecular flexibility index (Phi) is 6.66. The molecule has 0 aromatic heterocycles. The predicted octanol–water partition coefficient (Wildman–Crippen LogP) is 6.09. The number of hydrogen-bond acceptors (Lipinski definition) is 3. The number of carbonyl (C=O) groups excluding carboxylic acids is 1. The third-order valence-corrected chi connectivity index (χ3v) is 6.48. The molecule has 156 valence electrons. The van der Waals surface area contributed by atoms with E-state index in [1.54, 1.807) is 0 Å². The van der Waals surface area contributed by atoms with Gasteiger partial charge in [0.05, 0.1) is 21.3 Å². The van der Waals surface area contributed by atoms with Crippen molar-refractivity contribution >= 4 is 66.4 Å². The van der Waals surface area contributed by atoms with Crippen LogP contribution in [0.2, 0.25) is 10.0 Å². The molecule has 3 aromatic carbocycles. The lowest BCUT2D eigenvalue weighted by atomic mass is 10.2. The fraction of sp³-hybridized carbons (Fsp3) is 0. The third kappa shape index (κ3) is 5.10. The molecular formula is C19H11BrCl2F2N2O3S. The lowest BCUT2D eigenvalue weighted by molar-refractivity contribution is 0.102. The molecular weight excluding hydrogens is 525 g/mol. The van der Waals surface area contributed by atoms with E-state index in [1.165, 1.54) is 24.3 Å². The maximum absolute atomic E-state index is 14.0. The summed E-state index contributed by atoms with van der Waals surface area (Å²) in [6, 6.07) is 10.7. The molecule has 0 fully saturated rings. The lowest BCUT2D eigenvalue weighted by Crippen LogP contribution is -2.17. The molecule has 1 amide bonds. The Balaban J connectivity index is 1.94. The molecule has 3 aromatic rings. The fourth-order valence-electron chi connectivity index (χ4n) is 2.42. The van der Waals surface area contributed by atoms with Crippen molar-refractivity contribution in [1.29, 1.82) is 0 Å². The van der Waals surface area contributed by atoms with Crippen LogP contribution < -0.4 is 10.0 Å². The van der Waals surface area contributed by atoms with Gasteiger partial charge in [0.1, 0.15) is 16.5 Å². The molecule has 11 heteroatoms. The zero-order valence-corrected chi connectivity index (χ0v) is 18.6. The van der Waals surface area contributed by atoms with Crippen molar-refractivity contribution in [3.8, 4) is 0 Å². The van der Waals surface area contributed by atoms with Crippen molar-refractivity contribution in [2.24, 2.45) is 0 Å². The van der Waals surface area contributed by atoms with Crippen LogP contribution in [0.4, 0.5) is 20.2 Å². The van der Waals surface area contributed by atoms with Gasteiger partial charge in [0.2, 0.25) is 0 Å². The minimum atomic E-state index is -4.24. The average molecular weight is 536 g/mol. The monoisotopic (exact) mass is 534 g/mol. The number of carbonyl (C=O) groups is 1. The molecule has 0 bridgehead atoms. The van der Waals surface area contributed by atoms with Gasteiger partial charge in [-0.1, -0.05) is 39.1 Å². The van der Waals surface area contributed by atoms with Gasteiger partial charge in [-0.05, 0) is 54.6 Å². The number of halogens is 5. The van der Waals surface area contributed by atoms with Crippen LogP contribution >= 0.6 is 39.1 Å². The highest BCUT2D eigenvalue weighted by Crippen LogP contribution is 2.31. The molecule has 0 aliphatic heterocycles. The second kappa shape index (κ2) is 8.89. The molecule has 0 aliphatic carbocycles. The molecule has 0 aliphatic rings. The number of sulfonamides is 1. The molecule has 0 saturated heterocycles. The standard InChI is InChI=1S/C19H11BrCl2F2N2O3S/c20-10-1-6-17(16(24)7-10)25-19(27)13-8-18(15(22)9-14(13)21)30(28,29)26-12-4-2-11(23)3-5-12/h1-9,26H,(H,25,27). The normalized spacial score (nSPS) is 11.2. The van der Waals surface area contributed by atoms with Crippen LogP contribution in [0.1, 0.15) is 10.4 Å². The van der Waals surface area contributed by atoms with E-state index in [1.807, 2.05) is 0 Å². The minimum Gasteiger partial charge on any atom is -0.319 e. The van der Waals surface area contributed by atoms with E-state index in [0.717, 1.165) is 30.3 Å². The van der Waals surface area contributed by atoms with Gasteiger partial charge in [0, 0.05) is 10.2 Å². The first kappa shape index (κ1) is 22.5. The Morgan fingerprint density at radius 3 is 2.23 bits per heavy atom. The maximum Gasteiger partial charge on any atom is 0.263 e. The van der Waals surface area contributed by atoms with Crippen molar-refractivity contribution in [3.63, 3.8) is 0 Å². The van der Waals surface area contributed by atoms with Crippen molar-refractivity contribution in [3.05, 3.63) is 86.3 Å². The van der Waals surface area contributed by atoms with Gasteiger partial charge in [0.15, 0.2) is 0 Å². The van der Waals surface area contributed by atoms with Crippen LogP contribution in [0.15, 0.2) is 64.0 Å². The largest absolute Gasteiger partial charge is 0.319 e. The second-order valence-corrected chi connectivity index (χ2v) is 9.33. The molecule has 30 heavy (non-hydrogen) atoms. The van der Waals surface area contributed by atoms with Gasteiger partial charge >= 0.3 is 0 Å². The molecule has 0 atom stereocenters. The van der Waals surface area contributed by atoms with Crippen LogP contribution in [0.25, 0.3) is 0 Å². The Morgan fingerprint density at radius 2 is 1.60 bits per heavy atom. The molecule has 2 N–H and O–H groups in total. The van der Waals surface area contributed by atoms with Crippen molar-refractivity contribution in [2.75, 3.05) is 10.0 Å². The van der Waals surface area contributed by atoms with E-state index in [2.05, 4.69) is 26.0 Å². The van der Waals surface area contributed by atoms with Gasteiger partial charge in [-0.3, -0.25) is 9.52 Å². The molecule has 5 nitrogen and oxygen atoms in total. The van der Waals surface area contributed by atoms with Crippen LogP contribution in [0.5, 0.6) is 0 Å². The Labute approximate surface area is 189 Å². The molecule has 0 radical (unpaired) electrons. The first-order chi connectivity index (χ1) is 14.1. The third-order valence-electron chi connectivity index (χ3n) is 3.83. The van der Waals surface area contributed by atoms with Crippen LogP contribution in [0.3, 0.4) is 0 Å². The molecule has 3 rings (SSSR count). The van der Waals surface area contributed by atoms with E-state index >= 15 is 0 Å². The summed E-state index contributed by atoms with van der Waals surface area (Å²) in [6.07, 6.45) is 0. The van der Waals surface area contributed by atoms with Crippen molar-refractivity contribution in [1.82, 2.24) is 0 Å². The van der Waals surface area contributed by atoms with E-state index in [0.29, 0.717) is 4.47 Å².